The summed E-state index contributed by atoms with van der Waals surface area (Å²) in [6.45, 7) is -8.73. The highest BCUT2D eigenvalue weighted by Crippen LogP contribution is 2.68. The van der Waals surface area contributed by atoms with Crippen molar-refractivity contribution >= 4 is 75.9 Å². The number of aromatic nitrogens is 10. The van der Waals surface area contributed by atoms with Gasteiger partial charge in [0.1, 0.15) is 50.0 Å². The Balaban J connectivity index is 0.957. The van der Waals surface area contributed by atoms with Crippen LogP contribution in [-0.2, 0) is 78.4 Å². The van der Waals surface area contributed by atoms with E-state index in [9.17, 15) is 63.0 Å². The van der Waals surface area contributed by atoms with Crippen molar-refractivity contribution in [2.75, 3.05) is 52.1 Å². The molecule has 5 unspecified atom stereocenters. The molecule has 0 aromatic carbocycles. The summed E-state index contributed by atoms with van der Waals surface area (Å²) < 4.78 is 98.2. The first-order valence-electron chi connectivity index (χ1n) is 20.9. The number of H-pyrrole nitrogens is 2. The van der Waals surface area contributed by atoms with Crippen molar-refractivity contribution in [3.63, 3.8) is 0 Å². The molecule has 12 N–H and O–H groups in total. The first-order chi connectivity index (χ1) is 34.2. The summed E-state index contributed by atoms with van der Waals surface area (Å²) in [5, 5.41) is 32.7. The van der Waals surface area contributed by atoms with E-state index in [1.54, 1.807) is 0 Å². The van der Waals surface area contributed by atoms with Gasteiger partial charge in [-0.3, -0.25) is 42.3 Å². The molecule has 40 heteroatoms. The molecule has 0 spiro atoms. The van der Waals surface area contributed by atoms with E-state index in [0.29, 0.717) is 0 Å². The quantitative estimate of drug-likeness (QED) is 0.0260. The molecule has 3 aliphatic heterocycles. The molecule has 402 valence electrons. The predicted octanol–water partition coefficient (Wildman–Crippen LogP) is -4.42. The van der Waals surface area contributed by atoms with Gasteiger partial charge in [-0.1, -0.05) is 4.98 Å². The minimum absolute atomic E-state index is 0.000538. The van der Waals surface area contributed by atoms with Gasteiger partial charge in [0.05, 0.1) is 57.7 Å². The van der Waals surface area contributed by atoms with Crippen molar-refractivity contribution in [3.8, 4) is 0 Å². The van der Waals surface area contributed by atoms with E-state index in [-0.39, 0.29) is 40.7 Å². The maximum absolute atomic E-state index is 14.2. The van der Waals surface area contributed by atoms with Crippen LogP contribution in [0.3, 0.4) is 0 Å². The molecule has 3 saturated heterocycles. The minimum Gasteiger partial charge on any atom is -0.778 e. The fraction of sp³-hybridized carbons (Fsp3) is 0.576. The van der Waals surface area contributed by atoms with E-state index in [0.717, 1.165) is 36.6 Å². The smallest absolute Gasteiger partial charge is 0.479 e. The highest BCUT2D eigenvalue weighted by molar-refractivity contribution is 8.09. The third kappa shape index (κ3) is 11.4. The number of phosphoric acid groups is 2. The van der Waals surface area contributed by atoms with Gasteiger partial charge in [0, 0.05) is 32.4 Å². The van der Waals surface area contributed by atoms with Crippen LogP contribution in [0.1, 0.15) is 18.7 Å². The molecular formula is C33H46N12O23P4S. The number of rotatable bonds is 20. The number of aliphatic hydroxyl groups excluding tert-OH is 3. The topological polar surface area (TPSA) is 493 Å². The van der Waals surface area contributed by atoms with Crippen molar-refractivity contribution in [1.82, 2.24) is 43.6 Å². The molecule has 3 fully saturated rings. The lowest BCUT2D eigenvalue weighted by Gasteiger charge is -2.35. The van der Waals surface area contributed by atoms with Gasteiger partial charge in [-0.05, 0) is 11.8 Å². The summed E-state index contributed by atoms with van der Waals surface area (Å²) in [7, 11) is -13.0. The fourth-order valence-electron chi connectivity index (χ4n) is 8.46. The zero-order valence-corrected chi connectivity index (χ0v) is 42.1. The van der Waals surface area contributed by atoms with E-state index in [1.165, 1.54) is 34.2 Å². The van der Waals surface area contributed by atoms with Crippen molar-refractivity contribution in [2.24, 2.45) is 13.0 Å². The Hall–Kier alpha value is -4.16. The van der Waals surface area contributed by atoms with Gasteiger partial charge in [0.15, 0.2) is 30.2 Å². The van der Waals surface area contributed by atoms with Crippen LogP contribution < -0.4 is 37.7 Å². The zero-order chi connectivity index (χ0) is 53.1. The van der Waals surface area contributed by atoms with E-state index in [2.05, 4.69) is 33.5 Å². The van der Waals surface area contributed by atoms with Gasteiger partial charge < -0.3 is 79.1 Å². The normalized spacial score (nSPS) is 30.9. The van der Waals surface area contributed by atoms with Crippen LogP contribution in [0.15, 0.2) is 45.6 Å². The molecule has 3 aliphatic rings. The standard InChI is InChI=1S/C33H46N12O23P4S/c1-42-12-45(27-19(42)28(50)41-32(35)40-27)29-20(47)13(6-59-2)14(64-29)7-62-70(54,55)67-72(58,73)68-71(56,57)63-9-16-24(23(60-3)31(66-16)44-11-38-18-25(34)36-10-37-26(18)44)69(52,53)61-8-15-21(48)22(49)30(65-15)43-5-4-17(46)39-33(43)51/h4-5,10-16,20-24,29-31,47-49H,6-9H2,1-3H3,(H9-,34,35,36,37,39,40,41,46,50,51,52,53,54,55,56,57,58,73)/t13-,14-,15-,16?,20-,21-,22-,23-,24-,29-,30-,31-,72?/m1/s1. The molecule has 0 aliphatic carbocycles. The molecule has 0 amide bonds. The molecule has 16 atom stereocenters. The zero-order valence-electron chi connectivity index (χ0n) is 37.7. The summed E-state index contributed by atoms with van der Waals surface area (Å²) in [5.74, 6) is -1.33. The fourth-order valence-corrected chi connectivity index (χ4v) is 15.2. The Labute approximate surface area is 412 Å². The van der Waals surface area contributed by atoms with Crippen molar-refractivity contribution in [2.45, 2.75) is 67.1 Å². The van der Waals surface area contributed by atoms with Crippen molar-refractivity contribution in [3.05, 3.63) is 62.4 Å². The lowest BCUT2D eigenvalue weighted by atomic mass is 9.99. The number of imidazole rings is 2. The maximum Gasteiger partial charge on any atom is 0.479 e. The highest BCUT2D eigenvalue weighted by Gasteiger charge is 2.54. The third-order valence-electron chi connectivity index (χ3n) is 11.7. The maximum atomic E-state index is 14.2. The second-order valence-corrected chi connectivity index (χ2v) is 24.3. The molecule has 73 heavy (non-hydrogen) atoms. The number of anilines is 2. The minimum atomic E-state index is -5.79. The first-order valence-corrected chi connectivity index (χ1v) is 28.1. The Morgan fingerprint density at radius 2 is 1.51 bits per heavy atom. The number of aliphatic hydroxyl groups is 3. The molecule has 35 nitrogen and oxygen atoms in total. The number of aromatic amines is 2. The Morgan fingerprint density at radius 3 is 2.16 bits per heavy atom. The third-order valence-corrected chi connectivity index (χ3v) is 19.0. The number of nitrogen functional groups attached to an aromatic ring is 2. The lowest BCUT2D eigenvalue weighted by molar-refractivity contribution is -0.745. The van der Waals surface area contributed by atoms with Gasteiger partial charge in [0.2, 0.25) is 11.7 Å². The number of ether oxygens (including phenoxy) is 5. The van der Waals surface area contributed by atoms with E-state index in [1.807, 2.05) is 4.98 Å². The summed E-state index contributed by atoms with van der Waals surface area (Å²) in [6.07, 6.45) is -11.5. The second-order valence-electron chi connectivity index (χ2n) is 16.3. The number of hydrogen-bond acceptors (Lipinski definition) is 27. The molecule has 0 bridgehead atoms. The average molecular weight is 1130 g/mol. The number of hydrogen-bond donors (Lipinski definition) is 10. The van der Waals surface area contributed by atoms with Crippen molar-refractivity contribution < 1.29 is 99.0 Å². The molecule has 8 rings (SSSR count). The van der Waals surface area contributed by atoms with Crippen molar-refractivity contribution in [1.29, 1.82) is 0 Å². The summed E-state index contributed by atoms with van der Waals surface area (Å²) in [5.41, 5.74) is 7.32. The largest absolute Gasteiger partial charge is 0.778 e. The Bertz CT molecular complexity index is 3250. The van der Waals surface area contributed by atoms with Crippen LogP contribution >= 0.6 is 30.0 Å². The van der Waals surface area contributed by atoms with Crippen LogP contribution in [-0.4, -0.2) is 163 Å². The van der Waals surface area contributed by atoms with Gasteiger partial charge in [0.25, 0.3) is 17.1 Å². The number of aryl methyl sites for hydroxylation is 1. The van der Waals surface area contributed by atoms with Crippen LogP contribution in [0.5, 0.6) is 0 Å². The predicted molar refractivity (Wildman–Crippen MR) is 240 cm³/mol. The molecule has 0 radical (unpaired) electrons. The second kappa shape index (κ2) is 21.1. The van der Waals surface area contributed by atoms with Gasteiger partial charge in [-0.15, -0.1) is 0 Å². The van der Waals surface area contributed by atoms with E-state index in [4.69, 9.17) is 60.5 Å². The van der Waals surface area contributed by atoms with Crippen LogP contribution in [0, 0.1) is 5.92 Å². The number of fused-ring (bicyclic) bond motifs is 2. The van der Waals surface area contributed by atoms with Crippen LogP contribution in [0.2, 0.25) is 0 Å². The van der Waals surface area contributed by atoms with E-state index < -0.39 is 140 Å². The monoisotopic (exact) mass is 1130 g/mol. The molecule has 8 heterocycles. The molecule has 5 aromatic rings. The molecule has 0 saturated carbocycles. The van der Waals surface area contributed by atoms with Gasteiger partial charge >= 0.3 is 33.7 Å². The van der Waals surface area contributed by atoms with Crippen LogP contribution in [0.25, 0.3) is 22.3 Å². The molecular weight excluding hydrogens is 1090 g/mol. The first kappa shape index (κ1) is 55.1. The Morgan fingerprint density at radius 1 is 0.849 bits per heavy atom. The highest BCUT2D eigenvalue weighted by atomic mass is 32.5. The number of phosphoric ester groups is 2. The van der Waals surface area contributed by atoms with Gasteiger partial charge in [-0.2, -0.15) is 0 Å². The number of nitrogens with zero attached hydrogens (tertiary/aromatic N) is 8. The summed E-state index contributed by atoms with van der Waals surface area (Å²) >= 11 is 4.75. The number of methoxy groups -OCH3 is 2. The summed E-state index contributed by atoms with van der Waals surface area (Å²) in [6, 6.07) is 0.928. The van der Waals surface area contributed by atoms with E-state index >= 15 is 0 Å². The van der Waals surface area contributed by atoms with Crippen LogP contribution in [0.4, 0.5) is 11.8 Å². The Kier molecular flexibility index (Phi) is 15.9. The summed E-state index contributed by atoms with van der Waals surface area (Å²) in [4.78, 5) is 104. The average Bonchev–Trinajstić information content (AvgIpc) is 4.10. The van der Waals surface area contributed by atoms with Gasteiger partial charge in [-0.25, -0.2) is 42.1 Å². The molecule has 5 aromatic heterocycles. The SMILES string of the molecule is COC[C@H]1[C@@H](O)[C@H]([n+]2cn(C)c3c(=O)[nH]c(N)nc32)O[C@@H]1COP(=O)(O)OP(O)(=S)OP(=O)(O)OCC1O[C@@H](n2cnc3c(N)ncnc32)[C@H](OC)[C@@H]1P(=O)([O-])OC[C@H]1O[C@@H](n2ccc(=O)[nH]c2=O)[C@H](O)[C@@H]1O. The number of nitrogens with one attached hydrogen (secondary N) is 2. The number of nitrogens with two attached hydrogens (primary N) is 2. The lowest BCUT2D eigenvalue weighted by Crippen LogP contribution is -2.45.